The lowest BCUT2D eigenvalue weighted by Gasteiger charge is -2.36. The lowest BCUT2D eigenvalue weighted by Crippen LogP contribution is -2.54. The quantitative estimate of drug-likeness (QED) is 0.708. The molecular formula is C11H22N2O5S2. The Balaban J connectivity index is 2.07. The highest BCUT2D eigenvalue weighted by molar-refractivity contribution is 7.92. The molecule has 2 saturated heterocycles. The molecule has 0 spiro atoms. The van der Waals surface area contributed by atoms with Crippen LogP contribution < -0.4 is 5.73 Å². The molecule has 118 valence electrons. The Morgan fingerprint density at radius 1 is 1.30 bits per heavy atom. The number of sulfonamides is 1. The predicted molar refractivity (Wildman–Crippen MR) is 75.6 cm³/mol. The molecule has 2 fully saturated rings. The Morgan fingerprint density at radius 3 is 2.45 bits per heavy atom. The summed E-state index contributed by atoms with van der Waals surface area (Å²) in [7, 11) is -6.53. The van der Waals surface area contributed by atoms with E-state index in [4.69, 9.17) is 10.5 Å². The van der Waals surface area contributed by atoms with E-state index in [0.29, 0.717) is 13.2 Å². The van der Waals surface area contributed by atoms with Gasteiger partial charge in [-0.25, -0.2) is 16.8 Å². The van der Waals surface area contributed by atoms with Crippen LogP contribution in [0.5, 0.6) is 0 Å². The fraction of sp³-hybridized carbons (Fsp3) is 1.00. The van der Waals surface area contributed by atoms with Crippen LogP contribution in [-0.2, 0) is 24.6 Å². The third-order valence-electron chi connectivity index (χ3n) is 3.93. The lowest BCUT2D eigenvalue weighted by molar-refractivity contribution is -0.0123. The Labute approximate surface area is 120 Å². The monoisotopic (exact) mass is 326 g/mol. The van der Waals surface area contributed by atoms with Crippen molar-refractivity contribution in [2.45, 2.75) is 37.2 Å². The van der Waals surface area contributed by atoms with E-state index in [0.717, 1.165) is 0 Å². The van der Waals surface area contributed by atoms with Crippen LogP contribution in [0.25, 0.3) is 0 Å². The van der Waals surface area contributed by atoms with Gasteiger partial charge >= 0.3 is 0 Å². The fourth-order valence-electron chi connectivity index (χ4n) is 2.58. The summed E-state index contributed by atoms with van der Waals surface area (Å²) in [4.78, 5) is 0. The van der Waals surface area contributed by atoms with Gasteiger partial charge in [0.25, 0.3) is 0 Å². The van der Waals surface area contributed by atoms with E-state index in [1.54, 1.807) is 6.92 Å². The Kier molecular flexibility index (Phi) is 4.75. The topological polar surface area (TPSA) is 107 Å². The largest absolute Gasteiger partial charge is 0.374 e. The number of nitrogens with two attached hydrogens (primary N) is 1. The van der Waals surface area contributed by atoms with E-state index in [1.807, 2.05) is 0 Å². The molecule has 2 unspecified atom stereocenters. The summed E-state index contributed by atoms with van der Waals surface area (Å²) in [6, 6.07) is -0.236. The first-order valence-corrected chi connectivity index (χ1v) is 10.1. The molecule has 0 aromatic carbocycles. The first-order chi connectivity index (χ1) is 9.22. The molecule has 0 amide bonds. The summed E-state index contributed by atoms with van der Waals surface area (Å²) in [5.74, 6) is -0.0874. The molecule has 2 N–H and O–H groups in total. The average molecular weight is 326 g/mol. The molecule has 0 saturated carbocycles. The smallest absolute Gasteiger partial charge is 0.217 e. The van der Waals surface area contributed by atoms with Crippen LogP contribution in [-0.4, -0.2) is 69.7 Å². The second-order valence-corrected chi connectivity index (χ2v) is 10.0. The number of morpholine rings is 1. The van der Waals surface area contributed by atoms with Gasteiger partial charge in [0.2, 0.25) is 10.0 Å². The van der Waals surface area contributed by atoms with Crippen molar-refractivity contribution in [3.05, 3.63) is 0 Å². The minimum atomic E-state index is -3.47. The normalized spacial score (nSPS) is 31.0. The van der Waals surface area contributed by atoms with Gasteiger partial charge in [-0.1, -0.05) is 0 Å². The molecule has 2 aliphatic rings. The van der Waals surface area contributed by atoms with Gasteiger partial charge in [-0.05, 0) is 19.8 Å². The Morgan fingerprint density at radius 2 is 1.90 bits per heavy atom. The summed E-state index contributed by atoms with van der Waals surface area (Å²) >= 11 is 0. The average Bonchev–Trinajstić information content (AvgIpc) is 2.38. The van der Waals surface area contributed by atoms with Gasteiger partial charge in [-0.2, -0.15) is 4.31 Å². The van der Waals surface area contributed by atoms with E-state index < -0.39 is 25.1 Å². The zero-order chi connectivity index (χ0) is 15.0. The maximum Gasteiger partial charge on any atom is 0.217 e. The van der Waals surface area contributed by atoms with Crippen molar-refractivity contribution in [2.75, 3.05) is 31.2 Å². The highest BCUT2D eigenvalue weighted by Gasteiger charge is 2.39. The van der Waals surface area contributed by atoms with Gasteiger partial charge in [-0.3, -0.25) is 0 Å². The van der Waals surface area contributed by atoms with Crippen LogP contribution in [0, 0.1) is 0 Å². The summed E-state index contributed by atoms with van der Waals surface area (Å²) in [5.41, 5.74) is 5.76. The van der Waals surface area contributed by atoms with Gasteiger partial charge in [0.15, 0.2) is 0 Å². The molecule has 9 heteroatoms. The summed E-state index contributed by atoms with van der Waals surface area (Å²) in [6.07, 6.45) is 0.0706. The maximum atomic E-state index is 12.6. The zero-order valence-electron chi connectivity index (χ0n) is 11.6. The lowest BCUT2D eigenvalue weighted by atomic mass is 10.2. The molecule has 20 heavy (non-hydrogen) atoms. The molecule has 0 radical (unpaired) electrons. The Bertz CT molecular complexity index is 529. The maximum absolute atomic E-state index is 12.6. The van der Waals surface area contributed by atoms with Crippen molar-refractivity contribution in [2.24, 2.45) is 5.73 Å². The van der Waals surface area contributed by atoms with E-state index in [9.17, 15) is 16.8 Å². The zero-order valence-corrected chi connectivity index (χ0v) is 13.2. The van der Waals surface area contributed by atoms with Crippen LogP contribution in [0.3, 0.4) is 0 Å². The summed E-state index contributed by atoms with van der Waals surface area (Å²) in [5, 5.41) is -0.599. The van der Waals surface area contributed by atoms with Crippen LogP contribution >= 0.6 is 0 Å². The number of hydrogen-bond acceptors (Lipinski definition) is 6. The second-order valence-electron chi connectivity index (χ2n) is 5.52. The van der Waals surface area contributed by atoms with E-state index in [-0.39, 0.29) is 43.0 Å². The van der Waals surface area contributed by atoms with E-state index >= 15 is 0 Å². The van der Waals surface area contributed by atoms with Crippen molar-refractivity contribution in [3.8, 4) is 0 Å². The van der Waals surface area contributed by atoms with Crippen molar-refractivity contribution in [3.63, 3.8) is 0 Å². The van der Waals surface area contributed by atoms with Crippen molar-refractivity contribution in [1.82, 2.24) is 4.31 Å². The number of sulfone groups is 1. The molecule has 7 nitrogen and oxygen atoms in total. The highest BCUT2D eigenvalue weighted by atomic mass is 32.2. The Hall–Kier alpha value is -0.220. The van der Waals surface area contributed by atoms with Crippen molar-refractivity contribution < 1.29 is 21.6 Å². The predicted octanol–water partition coefficient (Wildman–Crippen LogP) is -1.06. The SMILES string of the molecule is CC(N)C1CN(S(=O)(=O)C2CCS(=O)(=O)CC2)CCO1. The van der Waals surface area contributed by atoms with E-state index in [1.165, 1.54) is 4.31 Å². The van der Waals surface area contributed by atoms with Gasteiger partial charge < -0.3 is 10.5 Å². The third kappa shape index (κ3) is 3.51. The first kappa shape index (κ1) is 16.2. The highest BCUT2D eigenvalue weighted by Crippen LogP contribution is 2.24. The third-order valence-corrected chi connectivity index (χ3v) is 8.01. The molecule has 2 atom stereocenters. The molecule has 2 aliphatic heterocycles. The number of ether oxygens (including phenoxy) is 1. The number of hydrogen-bond donors (Lipinski definition) is 1. The minimum absolute atomic E-state index is 0.0437. The van der Waals surface area contributed by atoms with E-state index in [2.05, 4.69) is 0 Å². The first-order valence-electron chi connectivity index (χ1n) is 6.79. The van der Waals surface area contributed by atoms with Gasteiger partial charge in [0.05, 0.1) is 29.5 Å². The van der Waals surface area contributed by atoms with Crippen molar-refractivity contribution in [1.29, 1.82) is 0 Å². The molecule has 0 aliphatic carbocycles. The molecular weight excluding hydrogens is 304 g/mol. The molecule has 0 aromatic heterocycles. The minimum Gasteiger partial charge on any atom is -0.374 e. The molecule has 0 bridgehead atoms. The number of nitrogens with zero attached hydrogens (tertiary/aromatic N) is 1. The van der Waals surface area contributed by atoms with Gasteiger partial charge in [0.1, 0.15) is 9.84 Å². The number of rotatable bonds is 3. The van der Waals surface area contributed by atoms with Crippen LogP contribution in [0.2, 0.25) is 0 Å². The molecule has 2 rings (SSSR count). The molecule has 2 heterocycles. The van der Waals surface area contributed by atoms with Crippen LogP contribution in [0.15, 0.2) is 0 Å². The second kappa shape index (κ2) is 5.88. The van der Waals surface area contributed by atoms with Crippen LogP contribution in [0.4, 0.5) is 0 Å². The molecule has 0 aromatic rings. The van der Waals surface area contributed by atoms with Crippen molar-refractivity contribution >= 4 is 19.9 Å². The van der Waals surface area contributed by atoms with Crippen LogP contribution in [0.1, 0.15) is 19.8 Å². The van der Waals surface area contributed by atoms with Gasteiger partial charge in [-0.15, -0.1) is 0 Å². The fourth-order valence-corrected chi connectivity index (χ4v) is 6.30. The standard InChI is InChI=1S/C11H22N2O5S2/c1-9(12)11-8-13(4-5-18-11)20(16,17)10-2-6-19(14,15)7-3-10/h9-11H,2-8,12H2,1H3. The summed E-state index contributed by atoms with van der Waals surface area (Å²) in [6.45, 7) is 2.68. The summed E-state index contributed by atoms with van der Waals surface area (Å²) < 4.78 is 54.8. The van der Waals surface area contributed by atoms with Gasteiger partial charge in [0, 0.05) is 19.1 Å².